The number of furan rings is 1. The number of fused-ring (bicyclic) bond motifs is 9. The van der Waals surface area contributed by atoms with Gasteiger partial charge in [0, 0.05) is 64.1 Å². The van der Waals surface area contributed by atoms with E-state index < -0.39 is 0 Å². The fraction of sp³-hybridized carbons (Fsp3) is 0. The summed E-state index contributed by atoms with van der Waals surface area (Å²) < 4.78 is 11.1. The quantitative estimate of drug-likeness (QED) is 0.187. The minimum atomic E-state index is 0.592. The lowest BCUT2D eigenvalue weighted by Crippen LogP contribution is -2.01. The summed E-state index contributed by atoms with van der Waals surface area (Å²) in [5, 5.41) is 7.05. The van der Waals surface area contributed by atoms with Crippen molar-refractivity contribution in [1.29, 1.82) is 0 Å². The topological polar surface area (TPSA) is 56.7 Å². The first kappa shape index (κ1) is 28.2. The Morgan fingerprint density at radius 2 is 0.961 bits per heavy atom. The van der Waals surface area contributed by atoms with Crippen molar-refractivity contribution in [1.82, 2.24) is 19.5 Å². The van der Waals surface area contributed by atoms with E-state index in [0.717, 1.165) is 55.3 Å². The fourth-order valence-corrected chi connectivity index (χ4v) is 8.56. The lowest BCUT2D eigenvalue weighted by molar-refractivity contribution is 0.669. The predicted octanol–water partition coefficient (Wildman–Crippen LogP) is 12.2. The van der Waals surface area contributed by atoms with Gasteiger partial charge in [0.1, 0.15) is 11.2 Å². The maximum atomic E-state index is 6.28. The zero-order chi connectivity index (χ0) is 33.5. The number of nitrogens with zero attached hydrogens (tertiary/aromatic N) is 4. The van der Waals surface area contributed by atoms with Gasteiger partial charge < -0.3 is 8.98 Å². The number of thiophene rings is 1. The summed E-state index contributed by atoms with van der Waals surface area (Å²) in [6.45, 7) is 0. The van der Waals surface area contributed by atoms with E-state index in [1.165, 1.54) is 30.9 Å². The molecule has 0 spiro atoms. The highest BCUT2D eigenvalue weighted by atomic mass is 32.1. The van der Waals surface area contributed by atoms with Crippen LogP contribution in [0.25, 0.3) is 104 Å². The summed E-state index contributed by atoms with van der Waals surface area (Å²) in [4.78, 5) is 15.4. The van der Waals surface area contributed by atoms with E-state index in [-0.39, 0.29) is 0 Å². The molecule has 11 aromatic rings. The van der Waals surface area contributed by atoms with Gasteiger partial charge in [-0.05, 0) is 66.7 Å². The zero-order valence-corrected chi connectivity index (χ0v) is 27.9. The van der Waals surface area contributed by atoms with Crippen LogP contribution in [0, 0.1) is 0 Å². The Hall–Kier alpha value is -6.63. The highest BCUT2D eigenvalue weighted by Gasteiger charge is 2.17. The molecule has 4 aromatic heterocycles. The van der Waals surface area contributed by atoms with Gasteiger partial charge in [0.05, 0.1) is 11.0 Å². The second kappa shape index (κ2) is 10.9. The van der Waals surface area contributed by atoms with E-state index in [2.05, 4.69) is 138 Å². The van der Waals surface area contributed by atoms with E-state index in [1.54, 1.807) is 11.3 Å². The van der Waals surface area contributed by atoms with Crippen molar-refractivity contribution in [2.45, 2.75) is 0 Å². The van der Waals surface area contributed by atoms with Crippen molar-refractivity contribution in [3.63, 3.8) is 0 Å². The molecule has 0 N–H and O–H groups in total. The second-order valence-corrected chi connectivity index (χ2v) is 13.9. The molecule has 0 bridgehead atoms. The van der Waals surface area contributed by atoms with Gasteiger partial charge in [-0.2, -0.15) is 0 Å². The standard InChI is InChI=1S/C45H26N4OS/c1-5-16-37-31(12-1)32-13-2-6-17-38(32)49(37)30-11-9-10-27(24-30)43-46-44(28-21-23-42-36(25-28)35-15-4-8-19-41(35)51-42)48-45(47-43)29-20-22-34-33-14-3-7-18-39(33)50-40(34)26-29/h1-26H. The number of hydrogen-bond donors (Lipinski definition) is 0. The lowest BCUT2D eigenvalue weighted by Gasteiger charge is -2.11. The summed E-state index contributed by atoms with van der Waals surface area (Å²) in [6.07, 6.45) is 0. The van der Waals surface area contributed by atoms with Gasteiger partial charge in [-0.3, -0.25) is 0 Å². The SMILES string of the molecule is c1cc(-c2nc(-c3ccc4c(c3)oc3ccccc34)nc(-c3ccc4sc5ccccc5c4c3)n2)cc(-n2c3ccccc3c3ccccc32)c1. The lowest BCUT2D eigenvalue weighted by atomic mass is 10.1. The van der Waals surface area contributed by atoms with Crippen molar-refractivity contribution in [2.24, 2.45) is 0 Å². The fourth-order valence-electron chi connectivity index (χ4n) is 7.48. The van der Waals surface area contributed by atoms with E-state index in [1.807, 2.05) is 24.3 Å². The molecule has 4 heterocycles. The molecule has 11 rings (SSSR count). The van der Waals surface area contributed by atoms with Crippen LogP contribution >= 0.6 is 11.3 Å². The van der Waals surface area contributed by atoms with Gasteiger partial charge in [-0.1, -0.05) is 91.0 Å². The van der Waals surface area contributed by atoms with Crippen LogP contribution < -0.4 is 0 Å². The molecule has 0 amide bonds. The summed E-state index contributed by atoms with van der Waals surface area (Å²) in [5.74, 6) is 1.83. The molecule has 0 atom stereocenters. The van der Waals surface area contributed by atoms with Crippen molar-refractivity contribution in [3.05, 3.63) is 158 Å². The largest absolute Gasteiger partial charge is 0.456 e. The van der Waals surface area contributed by atoms with Crippen LogP contribution in [0.15, 0.2) is 162 Å². The van der Waals surface area contributed by atoms with Gasteiger partial charge in [-0.15, -0.1) is 11.3 Å². The Kier molecular flexibility index (Phi) is 6.05. The third-order valence-electron chi connectivity index (χ3n) is 9.85. The van der Waals surface area contributed by atoms with Crippen LogP contribution in [0.1, 0.15) is 0 Å². The Balaban J connectivity index is 1.12. The number of aromatic nitrogens is 4. The summed E-state index contributed by atoms with van der Waals surface area (Å²) in [5.41, 5.74) is 7.74. The first-order chi connectivity index (χ1) is 25.2. The number of benzene rings is 7. The normalized spacial score (nSPS) is 11.9. The Morgan fingerprint density at radius 1 is 0.392 bits per heavy atom. The molecular formula is C45H26N4OS. The molecule has 238 valence electrons. The smallest absolute Gasteiger partial charge is 0.164 e. The predicted molar refractivity (Wildman–Crippen MR) is 211 cm³/mol. The molecule has 5 nitrogen and oxygen atoms in total. The molecule has 0 aliphatic carbocycles. The minimum absolute atomic E-state index is 0.592. The molecule has 0 aliphatic heterocycles. The number of para-hydroxylation sites is 3. The molecule has 0 saturated carbocycles. The molecule has 51 heavy (non-hydrogen) atoms. The molecule has 7 aromatic carbocycles. The molecule has 0 aliphatic rings. The maximum Gasteiger partial charge on any atom is 0.164 e. The highest BCUT2D eigenvalue weighted by Crippen LogP contribution is 2.38. The van der Waals surface area contributed by atoms with Gasteiger partial charge in [-0.25, -0.2) is 15.0 Å². The third-order valence-corrected chi connectivity index (χ3v) is 11.0. The minimum Gasteiger partial charge on any atom is -0.456 e. The highest BCUT2D eigenvalue weighted by molar-refractivity contribution is 7.25. The Labute approximate surface area is 295 Å². The second-order valence-electron chi connectivity index (χ2n) is 12.8. The van der Waals surface area contributed by atoms with Gasteiger partial charge in [0.25, 0.3) is 0 Å². The zero-order valence-electron chi connectivity index (χ0n) is 27.1. The van der Waals surface area contributed by atoms with Crippen LogP contribution in [0.4, 0.5) is 0 Å². The number of rotatable bonds is 4. The van der Waals surface area contributed by atoms with Crippen LogP contribution in [-0.4, -0.2) is 19.5 Å². The van der Waals surface area contributed by atoms with Crippen molar-refractivity contribution in [3.8, 4) is 39.9 Å². The van der Waals surface area contributed by atoms with E-state index in [9.17, 15) is 0 Å². The van der Waals surface area contributed by atoms with Crippen molar-refractivity contribution < 1.29 is 4.42 Å². The van der Waals surface area contributed by atoms with E-state index in [4.69, 9.17) is 19.4 Å². The third kappa shape index (κ3) is 4.43. The van der Waals surface area contributed by atoms with Crippen molar-refractivity contribution >= 4 is 75.3 Å². The van der Waals surface area contributed by atoms with Crippen LogP contribution in [0.5, 0.6) is 0 Å². The van der Waals surface area contributed by atoms with Gasteiger partial charge >= 0.3 is 0 Å². The average molecular weight is 671 g/mol. The summed E-state index contributed by atoms with van der Waals surface area (Å²) in [6, 6.07) is 55.1. The summed E-state index contributed by atoms with van der Waals surface area (Å²) >= 11 is 1.80. The Bertz CT molecular complexity index is 3120. The van der Waals surface area contributed by atoms with Crippen LogP contribution in [0.3, 0.4) is 0 Å². The van der Waals surface area contributed by atoms with Crippen molar-refractivity contribution in [2.75, 3.05) is 0 Å². The van der Waals surface area contributed by atoms with Gasteiger partial charge in [0.2, 0.25) is 0 Å². The molecule has 0 fully saturated rings. The first-order valence-electron chi connectivity index (χ1n) is 16.9. The molecule has 0 unspecified atom stereocenters. The first-order valence-corrected chi connectivity index (χ1v) is 17.8. The van der Waals surface area contributed by atoms with Gasteiger partial charge in [0.15, 0.2) is 17.5 Å². The molecular weight excluding hydrogens is 645 g/mol. The summed E-state index contributed by atoms with van der Waals surface area (Å²) in [7, 11) is 0. The van der Waals surface area contributed by atoms with E-state index in [0.29, 0.717) is 17.5 Å². The Morgan fingerprint density at radius 3 is 1.73 bits per heavy atom. The monoisotopic (exact) mass is 670 g/mol. The molecule has 0 saturated heterocycles. The maximum absolute atomic E-state index is 6.28. The average Bonchev–Trinajstić information content (AvgIpc) is 3.87. The number of hydrogen-bond acceptors (Lipinski definition) is 5. The van der Waals surface area contributed by atoms with Crippen LogP contribution in [0.2, 0.25) is 0 Å². The molecule has 0 radical (unpaired) electrons. The van der Waals surface area contributed by atoms with Crippen LogP contribution in [-0.2, 0) is 0 Å². The van der Waals surface area contributed by atoms with E-state index >= 15 is 0 Å². The molecule has 6 heteroatoms.